The number of carbonyl (C=O) groups excluding carboxylic acids is 1. The lowest BCUT2D eigenvalue weighted by atomic mass is 10.0. The minimum Gasteiger partial charge on any atom is -0.466 e. The van der Waals surface area contributed by atoms with E-state index >= 15 is 0 Å². The molecule has 0 saturated heterocycles. The van der Waals surface area contributed by atoms with Crippen LogP contribution in [0.25, 0.3) is 0 Å². The number of unbranched alkanes of at least 4 members (excludes halogenated alkanes) is 13. The largest absolute Gasteiger partial charge is 0.466 e. The maximum atomic E-state index is 11.1. The Labute approximate surface area is 145 Å². The number of esters is 1. The molecule has 2 heteroatoms. The van der Waals surface area contributed by atoms with Crippen LogP contribution in [0.1, 0.15) is 110 Å². The third-order valence-corrected chi connectivity index (χ3v) is 4.49. The van der Waals surface area contributed by atoms with Gasteiger partial charge in [-0.15, -0.1) is 0 Å². The molecule has 0 radical (unpaired) electrons. The van der Waals surface area contributed by atoms with Gasteiger partial charge in [-0.2, -0.15) is 0 Å². The van der Waals surface area contributed by atoms with Crippen molar-refractivity contribution in [2.45, 2.75) is 110 Å². The van der Waals surface area contributed by atoms with E-state index in [4.69, 9.17) is 0 Å². The van der Waals surface area contributed by atoms with E-state index in [-0.39, 0.29) is 5.97 Å². The maximum absolute atomic E-state index is 11.1. The molecule has 23 heavy (non-hydrogen) atoms. The predicted octanol–water partition coefficient (Wildman–Crippen LogP) is 6.98. The van der Waals surface area contributed by atoms with Crippen LogP contribution in [0, 0.1) is 0 Å². The Balaban J connectivity index is 3.19. The summed E-state index contributed by atoms with van der Waals surface area (Å²) in [4.78, 5) is 11.1. The molecule has 0 rings (SSSR count). The summed E-state index contributed by atoms with van der Waals surface area (Å²) in [6, 6.07) is 0. The highest BCUT2D eigenvalue weighted by Crippen LogP contribution is 2.14. The van der Waals surface area contributed by atoms with E-state index in [1.807, 2.05) is 6.92 Å². The average molecular weight is 325 g/mol. The van der Waals surface area contributed by atoms with Crippen LogP contribution in [0.5, 0.6) is 0 Å². The molecule has 0 aliphatic rings. The number of rotatable bonds is 16. The third kappa shape index (κ3) is 17.4. The topological polar surface area (TPSA) is 26.3 Å². The molecule has 0 aliphatic carbocycles. The first kappa shape index (κ1) is 22.2. The number of carbonyl (C=O) groups is 1. The molecule has 0 bridgehead atoms. The molecular formula is C21H40O2. The summed E-state index contributed by atoms with van der Waals surface area (Å²) >= 11 is 0. The molecule has 0 N–H and O–H groups in total. The summed E-state index contributed by atoms with van der Waals surface area (Å²) < 4.78 is 4.63. The Hall–Kier alpha value is -0.790. The van der Waals surface area contributed by atoms with Crippen LogP contribution >= 0.6 is 0 Å². The first-order valence-corrected chi connectivity index (χ1v) is 9.95. The van der Waals surface area contributed by atoms with Gasteiger partial charge in [-0.1, -0.05) is 96.0 Å². The Morgan fingerprint density at radius 3 is 1.52 bits per heavy atom. The predicted molar refractivity (Wildman–Crippen MR) is 101 cm³/mol. The molecule has 0 aromatic rings. The van der Waals surface area contributed by atoms with Gasteiger partial charge in [0, 0.05) is 6.08 Å². The molecule has 0 heterocycles. The smallest absolute Gasteiger partial charge is 0.330 e. The zero-order valence-electron chi connectivity index (χ0n) is 16.0. The highest BCUT2D eigenvalue weighted by Gasteiger charge is 1.98. The Bertz CT molecular complexity index is 294. The van der Waals surface area contributed by atoms with Crippen molar-refractivity contribution in [3.63, 3.8) is 0 Å². The molecule has 0 aliphatic heterocycles. The minimum absolute atomic E-state index is 0.229. The molecule has 0 spiro atoms. The van der Waals surface area contributed by atoms with E-state index < -0.39 is 0 Å². The summed E-state index contributed by atoms with van der Waals surface area (Å²) in [5.74, 6) is -0.229. The SMILES string of the molecule is CCCCCCCCCCCCCCCCC(C)=CC(=O)OC. The molecule has 0 aromatic heterocycles. The monoisotopic (exact) mass is 324 g/mol. The minimum atomic E-state index is -0.229. The fraction of sp³-hybridized carbons (Fsp3) is 0.857. The first-order chi connectivity index (χ1) is 11.2. The second-order valence-corrected chi connectivity index (χ2v) is 6.86. The lowest BCUT2D eigenvalue weighted by molar-refractivity contribution is -0.134. The molecule has 0 amide bonds. The van der Waals surface area contributed by atoms with Crippen molar-refractivity contribution in [3.8, 4) is 0 Å². The lowest BCUT2D eigenvalue weighted by Gasteiger charge is -2.04. The van der Waals surface area contributed by atoms with Gasteiger partial charge >= 0.3 is 5.97 Å². The van der Waals surface area contributed by atoms with Crippen molar-refractivity contribution < 1.29 is 9.53 Å². The van der Waals surface area contributed by atoms with E-state index in [1.165, 1.54) is 97.0 Å². The van der Waals surface area contributed by atoms with Crippen molar-refractivity contribution in [3.05, 3.63) is 11.6 Å². The van der Waals surface area contributed by atoms with Crippen LogP contribution in [0.3, 0.4) is 0 Å². The van der Waals surface area contributed by atoms with Gasteiger partial charge in [-0.3, -0.25) is 0 Å². The molecule has 0 saturated carbocycles. The second kappa shape index (κ2) is 17.6. The van der Waals surface area contributed by atoms with E-state index in [0.717, 1.165) is 12.0 Å². The average Bonchev–Trinajstić information content (AvgIpc) is 2.55. The molecule has 0 unspecified atom stereocenters. The molecule has 2 nitrogen and oxygen atoms in total. The molecule has 0 atom stereocenters. The van der Waals surface area contributed by atoms with E-state index in [9.17, 15) is 4.79 Å². The Morgan fingerprint density at radius 2 is 1.13 bits per heavy atom. The van der Waals surface area contributed by atoms with Crippen molar-refractivity contribution in [1.29, 1.82) is 0 Å². The molecule has 0 fully saturated rings. The van der Waals surface area contributed by atoms with Gasteiger partial charge in [-0.25, -0.2) is 4.79 Å². The molecule has 0 aromatic carbocycles. The summed E-state index contributed by atoms with van der Waals surface area (Å²) in [5.41, 5.74) is 1.13. The van der Waals surface area contributed by atoms with Gasteiger partial charge in [-0.05, 0) is 19.8 Å². The maximum Gasteiger partial charge on any atom is 0.330 e. The van der Waals surface area contributed by atoms with Gasteiger partial charge in [0.05, 0.1) is 7.11 Å². The summed E-state index contributed by atoms with van der Waals surface area (Å²) in [5, 5.41) is 0. The number of hydrogen-bond acceptors (Lipinski definition) is 2. The van der Waals surface area contributed by atoms with E-state index in [2.05, 4.69) is 11.7 Å². The van der Waals surface area contributed by atoms with Crippen LogP contribution < -0.4 is 0 Å². The quantitative estimate of drug-likeness (QED) is 0.174. The van der Waals surface area contributed by atoms with E-state index in [0.29, 0.717) is 0 Å². The molecular weight excluding hydrogens is 284 g/mol. The van der Waals surface area contributed by atoms with Crippen LogP contribution in [-0.2, 0) is 9.53 Å². The van der Waals surface area contributed by atoms with Crippen molar-refractivity contribution in [2.24, 2.45) is 0 Å². The van der Waals surface area contributed by atoms with Crippen LogP contribution in [0.15, 0.2) is 11.6 Å². The van der Waals surface area contributed by atoms with Crippen molar-refractivity contribution >= 4 is 5.97 Å². The van der Waals surface area contributed by atoms with Gasteiger partial charge in [0.2, 0.25) is 0 Å². The number of methoxy groups -OCH3 is 1. The first-order valence-electron chi connectivity index (χ1n) is 9.95. The van der Waals surface area contributed by atoms with E-state index in [1.54, 1.807) is 6.08 Å². The normalized spacial score (nSPS) is 11.7. The highest BCUT2D eigenvalue weighted by molar-refractivity contribution is 5.82. The number of allylic oxidation sites excluding steroid dienone is 1. The summed E-state index contributed by atoms with van der Waals surface area (Å²) in [7, 11) is 1.43. The fourth-order valence-electron chi connectivity index (χ4n) is 2.93. The van der Waals surface area contributed by atoms with Gasteiger partial charge in [0.15, 0.2) is 0 Å². The standard InChI is InChI=1S/C21H40O2/c1-4-5-6-7-8-9-10-11-12-13-14-15-16-17-18-20(2)19-21(22)23-3/h19H,4-18H2,1-3H3. The zero-order valence-corrected chi connectivity index (χ0v) is 16.0. The Kier molecular flexibility index (Phi) is 17.0. The zero-order chi connectivity index (χ0) is 17.2. The summed E-state index contributed by atoms with van der Waals surface area (Å²) in [6.45, 7) is 4.29. The molecule has 136 valence electrons. The van der Waals surface area contributed by atoms with Crippen LogP contribution in [0.4, 0.5) is 0 Å². The fourth-order valence-corrected chi connectivity index (χ4v) is 2.93. The number of ether oxygens (including phenoxy) is 1. The van der Waals surface area contributed by atoms with Gasteiger partial charge < -0.3 is 4.74 Å². The van der Waals surface area contributed by atoms with Gasteiger partial charge in [0.1, 0.15) is 0 Å². The second-order valence-electron chi connectivity index (χ2n) is 6.86. The number of hydrogen-bond donors (Lipinski definition) is 0. The summed E-state index contributed by atoms with van der Waals surface area (Å²) in [6.07, 6.45) is 22.0. The van der Waals surface area contributed by atoms with Crippen molar-refractivity contribution in [2.75, 3.05) is 7.11 Å². The van der Waals surface area contributed by atoms with Gasteiger partial charge in [0.25, 0.3) is 0 Å². The van der Waals surface area contributed by atoms with Crippen LogP contribution in [-0.4, -0.2) is 13.1 Å². The third-order valence-electron chi connectivity index (χ3n) is 4.49. The Morgan fingerprint density at radius 1 is 0.739 bits per heavy atom. The van der Waals surface area contributed by atoms with Crippen molar-refractivity contribution in [1.82, 2.24) is 0 Å². The van der Waals surface area contributed by atoms with Crippen LogP contribution in [0.2, 0.25) is 0 Å². The lowest BCUT2D eigenvalue weighted by Crippen LogP contribution is -1.96. The highest BCUT2D eigenvalue weighted by atomic mass is 16.5.